The van der Waals surface area contributed by atoms with Gasteiger partial charge in [0.25, 0.3) is 0 Å². The van der Waals surface area contributed by atoms with E-state index in [2.05, 4.69) is 58.2 Å². The molecule has 0 spiro atoms. The van der Waals surface area contributed by atoms with E-state index >= 15 is 0 Å². The number of nitrogens with two attached hydrogens (primary N) is 6. The van der Waals surface area contributed by atoms with Crippen molar-refractivity contribution in [3.63, 3.8) is 0 Å². The number of benzene rings is 2. The number of nitrogens with one attached hydrogen (secondary N) is 10. The summed E-state index contributed by atoms with van der Waals surface area (Å²) in [7, 11) is 0. The van der Waals surface area contributed by atoms with Crippen molar-refractivity contribution in [2.45, 2.75) is 163 Å². The van der Waals surface area contributed by atoms with Crippen LogP contribution in [0.15, 0.2) is 53.5 Å². The van der Waals surface area contributed by atoms with Gasteiger partial charge in [0.2, 0.25) is 70.9 Å². The molecular weight excluding hydrogens is 1210 g/mol. The predicted octanol–water partition coefficient (Wildman–Crippen LogP) is -3.91. The molecule has 0 saturated carbocycles. The van der Waals surface area contributed by atoms with E-state index < -0.39 is 150 Å². The molecule has 32 heteroatoms. The Morgan fingerprint density at radius 2 is 1.15 bits per heavy atom. The van der Waals surface area contributed by atoms with E-state index in [1.807, 2.05) is 18.2 Å². The van der Waals surface area contributed by atoms with Crippen LogP contribution in [0.2, 0.25) is 0 Å². The second-order valence-electron chi connectivity index (χ2n) is 22.1. The van der Waals surface area contributed by atoms with Gasteiger partial charge in [0.15, 0.2) is 5.96 Å². The van der Waals surface area contributed by atoms with Crippen LogP contribution in [0.3, 0.4) is 0 Å². The Balaban J connectivity index is 1.92. The molecule has 0 aromatic heterocycles. The first-order chi connectivity index (χ1) is 42.1. The molecule has 2 aromatic carbocycles. The van der Waals surface area contributed by atoms with Crippen LogP contribution in [0.5, 0.6) is 0 Å². The SMILES string of the molecule is CC(N)C(=O)NC1CSCc2cc3cc(c2)CSCC(C(=O)NC(C)C(N)=O)NC(=O)C(CCCN=C(N)N)NC(=O)C(C(C)C)NC(=O)C(CC(N)=O)NC(=O)C(CSC3)NC(=O)C(C)NC(=O)C(CCCCN)NC(=O)C(Cc2ccccc2)NC1=O. The largest absolute Gasteiger partial charge is 0.370 e. The Bertz CT molecular complexity index is 2850. The molecule has 2 heterocycles. The highest BCUT2D eigenvalue weighted by Crippen LogP contribution is 2.25. The monoisotopic (exact) mass is 1300 g/mol. The second-order valence-corrected chi connectivity index (χ2v) is 25.2. The second kappa shape index (κ2) is 37.3. The number of amides is 12. The minimum absolute atomic E-state index is 0.0230. The van der Waals surface area contributed by atoms with E-state index in [4.69, 9.17) is 34.4 Å². The van der Waals surface area contributed by atoms with Crippen LogP contribution in [0.4, 0.5) is 0 Å². The summed E-state index contributed by atoms with van der Waals surface area (Å²) in [6, 6.07) is -0.451. The average Bonchev–Trinajstić information content (AvgIpc) is 2.97. The van der Waals surface area contributed by atoms with Crippen molar-refractivity contribution in [2.24, 2.45) is 45.3 Å². The zero-order valence-electron chi connectivity index (χ0n) is 50.7. The first-order valence-corrected chi connectivity index (χ1v) is 32.6. The van der Waals surface area contributed by atoms with Crippen LogP contribution in [-0.2, 0) is 81.2 Å². The maximum atomic E-state index is 14.6. The smallest absolute Gasteiger partial charge is 0.244 e. The summed E-state index contributed by atoms with van der Waals surface area (Å²) in [4.78, 5) is 171. The Kier molecular flexibility index (Phi) is 31.0. The third-order valence-corrected chi connectivity index (χ3v) is 17.3. The van der Waals surface area contributed by atoms with Crippen LogP contribution in [0.25, 0.3) is 0 Å². The first-order valence-electron chi connectivity index (χ1n) is 29.2. The molecule has 22 N–H and O–H groups in total. The maximum absolute atomic E-state index is 14.6. The maximum Gasteiger partial charge on any atom is 0.244 e. The summed E-state index contributed by atoms with van der Waals surface area (Å²) < 4.78 is 0. The summed E-state index contributed by atoms with van der Waals surface area (Å²) in [5, 5.41) is 26.5. The number of unbranched alkanes of at least 4 members (excludes halogenated alkanes) is 1. The molecule has 89 heavy (non-hydrogen) atoms. The molecule has 4 bridgehead atoms. The number of aliphatic imine (C=N–C) groups is 1. The van der Waals surface area contributed by atoms with Gasteiger partial charge in [0.1, 0.15) is 60.4 Å². The third kappa shape index (κ3) is 25.8. The Morgan fingerprint density at radius 1 is 0.607 bits per heavy atom. The lowest BCUT2D eigenvalue weighted by Crippen LogP contribution is -2.61. The minimum atomic E-state index is -1.74. The molecule has 11 unspecified atom stereocenters. The van der Waals surface area contributed by atoms with Crippen molar-refractivity contribution in [2.75, 3.05) is 30.3 Å². The molecule has 2 aliphatic heterocycles. The minimum Gasteiger partial charge on any atom is -0.370 e. The standard InChI is InChI=1S/C57H87N17O12S3/c1-29(2)45-56(86)68-38(15-11-17-64-57(62)63)50(80)73-41(53(83)65-31(4)46(61)76)26-87-23-34-18-35-20-36(19-34)25-89-28-43(55(85)70-40(22-44(60)75)52(82)74-45)72-48(78)32(5)66-49(79)37(14-9-10-16-58)67-51(81)39(21-33-12-7-6-8-13-33)69-54(84)42(27-88-24-35)71-47(77)30(3)59/h6-8,12-13,18-20,29-32,37-43,45H,9-11,14-17,21-28,58-59H2,1-5H3,(H2,60,75)(H2,61,76)(H,65,83)(H,66,79)(H,67,81)(H,68,86)(H,69,84)(H,70,85)(H,71,77)(H,72,78)(H,73,80)(H,74,82)(H4,62,63,64). The van der Waals surface area contributed by atoms with Crippen LogP contribution >= 0.6 is 35.3 Å². The molecule has 2 aromatic rings. The lowest BCUT2D eigenvalue weighted by Gasteiger charge is -2.29. The number of guanidine groups is 1. The first kappa shape index (κ1) is 73.8. The molecule has 490 valence electrons. The lowest BCUT2D eigenvalue weighted by atomic mass is 10.0. The van der Waals surface area contributed by atoms with Gasteiger partial charge in [-0.15, -0.1) is 0 Å². The van der Waals surface area contributed by atoms with E-state index in [0.29, 0.717) is 35.1 Å². The van der Waals surface area contributed by atoms with Crippen LogP contribution in [0.1, 0.15) is 95.4 Å². The zero-order valence-corrected chi connectivity index (χ0v) is 53.1. The van der Waals surface area contributed by atoms with Gasteiger partial charge in [-0.2, -0.15) is 35.3 Å². The van der Waals surface area contributed by atoms with Crippen molar-refractivity contribution in [3.8, 4) is 0 Å². The highest BCUT2D eigenvalue weighted by atomic mass is 32.2. The van der Waals surface area contributed by atoms with Crippen molar-refractivity contribution < 1.29 is 57.5 Å². The number of hydrogen-bond donors (Lipinski definition) is 16. The van der Waals surface area contributed by atoms with Gasteiger partial charge in [-0.25, -0.2) is 0 Å². The van der Waals surface area contributed by atoms with Gasteiger partial charge in [0.05, 0.1) is 12.5 Å². The van der Waals surface area contributed by atoms with Crippen molar-refractivity contribution in [1.29, 1.82) is 0 Å². The highest BCUT2D eigenvalue weighted by molar-refractivity contribution is 7.99. The molecule has 4 rings (SSSR count). The van der Waals surface area contributed by atoms with Crippen LogP contribution in [0, 0.1) is 5.92 Å². The normalized spacial score (nSPS) is 24.2. The zero-order chi connectivity index (χ0) is 65.9. The molecule has 29 nitrogen and oxygen atoms in total. The van der Waals surface area contributed by atoms with Crippen molar-refractivity contribution >= 4 is 112 Å². The average molecular weight is 1300 g/mol. The number of fused-ring (bicyclic) bond motifs is 5. The van der Waals surface area contributed by atoms with Gasteiger partial charge >= 0.3 is 0 Å². The Morgan fingerprint density at radius 3 is 1.72 bits per heavy atom. The van der Waals surface area contributed by atoms with Crippen molar-refractivity contribution in [3.05, 3.63) is 70.8 Å². The molecule has 0 saturated heterocycles. The molecule has 0 radical (unpaired) electrons. The summed E-state index contributed by atoms with van der Waals surface area (Å²) in [5.41, 5.74) is 36.8. The molecule has 2 aliphatic rings. The van der Waals surface area contributed by atoms with E-state index in [0.717, 1.165) is 0 Å². The lowest BCUT2D eigenvalue weighted by molar-refractivity contribution is -0.136. The topological polar surface area (TPSA) is 494 Å². The summed E-state index contributed by atoms with van der Waals surface area (Å²) in [6.07, 6.45) is 0.0645. The number of hydrogen-bond acceptors (Lipinski definition) is 18. The van der Waals surface area contributed by atoms with Gasteiger partial charge in [-0.1, -0.05) is 62.4 Å². The molecule has 0 fully saturated rings. The molecule has 0 aliphatic carbocycles. The van der Waals surface area contributed by atoms with E-state index in [1.165, 1.54) is 56.1 Å². The Labute approximate surface area is 530 Å². The fraction of sp³-hybridized carbons (Fsp3) is 0.561. The van der Waals surface area contributed by atoms with Gasteiger partial charge < -0.3 is 87.6 Å². The van der Waals surface area contributed by atoms with E-state index in [9.17, 15) is 57.5 Å². The van der Waals surface area contributed by atoms with Crippen molar-refractivity contribution in [1.82, 2.24) is 53.2 Å². The fourth-order valence-corrected chi connectivity index (χ4v) is 12.0. The van der Waals surface area contributed by atoms with E-state index in [1.54, 1.807) is 44.2 Å². The van der Waals surface area contributed by atoms with Gasteiger partial charge in [0, 0.05) is 47.5 Å². The van der Waals surface area contributed by atoms with Gasteiger partial charge in [-0.3, -0.25) is 62.5 Å². The molecule has 12 amide bonds. The summed E-state index contributed by atoms with van der Waals surface area (Å²) >= 11 is 3.67. The van der Waals surface area contributed by atoms with Crippen LogP contribution in [-0.4, -0.2) is 174 Å². The number of rotatable bonds is 18. The predicted molar refractivity (Wildman–Crippen MR) is 340 cm³/mol. The van der Waals surface area contributed by atoms with E-state index in [-0.39, 0.29) is 79.2 Å². The molecular formula is C57H87N17O12S3. The summed E-state index contributed by atoms with van der Waals surface area (Å²) in [5.74, 6) is -10.9. The number of carbonyl (C=O) groups is 12. The molecule has 11 atom stereocenters. The number of thioether (sulfide) groups is 3. The quantitative estimate of drug-likeness (QED) is 0.0385. The number of primary amides is 2. The highest BCUT2D eigenvalue weighted by Gasteiger charge is 2.37. The van der Waals surface area contributed by atoms with Crippen LogP contribution < -0.4 is 87.6 Å². The van der Waals surface area contributed by atoms with Gasteiger partial charge in [-0.05, 0) is 87.6 Å². The Hall–Kier alpha value is -7.68. The summed E-state index contributed by atoms with van der Waals surface area (Å²) in [6.45, 7) is 7.60. The number of nitrogens with zero attached hydrogens (tertiary/aromatic N) is 1. The third-order valence-electron chi connectivity index (χ3n) is 14.0. The fourth-order valence-electron chi connectivity index (χ4n) is 9.03. The number of carbonyl (C=O) groups excluding carboxylic acids is 12.